The van der Waals surface area contributed by atoms with Gasteiger partial charge in [-0.3, -0.25) is 9.78 Å². The van der Waals surface area contributed by atoms with Gasteiger partial charge in [-0.1, -0.05) is 0 Å². The largest absolute Gasteiger partial charge is 0.466 e. The summed E-state index contributed by atoms with van der Waals surface area (Å²) in [4.78, 5) is 14.3. The van der Waals surface area contributed by atoms with Crippen molar-refractivity contribution in [2.45, 2.75) is 25.9 Å². The van der Waals surface area contributed by atoms with Crippen LogP contribution in [0.5, 0.6) is 0 Å². The van der Waals surface area contributed by atoms with Gasteiger partial charge in [-0.2, -0.15) is 13.2 Å². The van der Waals surface area contributed by atoms with Crippen molar-refractivity contribution in [3.8, 4) is 0 Å². The van der Waals surface area contributed by atoms with Gasteiger partial charge in [0.05, 0.1) is 13.0 Å². The highest BCUT2D eigenvalue weighted by Crippen LogP contribution is 2.36. The van der Waals surface area contributed by atoms with Gasteiger partial charge in [0.1, 0.15) is 5.69 Å². The maximum Gasteiger partial charge on any atom is 0.433 e. The highest BCUT2D eigenvalue weighted by Gasteiger charge is 2.38. The summed E-state index contributed by atoms with van der Waals surface area (Å²) in [7, 11) is 0. The number of nitrogens with zero attached hydrogens (tertiary/aromatic N) is 1. The Morgan fingerprint density at radius 3 is 2.50 bits per heavy atom. The van der Waals surface area contributed by atoms with E-state index in [1.807, 2.05) is 0 Å². The Bertz CT molecular complexity index is 504. The first-order valence-corrected chi connectivity index (χ1v) is 6.44. The maximum absolute atomic E-state index is 12.8. The first-order chi connectivity index (χ1) is 9.18. The summed E-state index contributed by atoms with van der Waals surface area (Å²) >= 11 is 1.36. The van der Waals surface area contributed by atoms with Crippen molar-refractivity contribution in [2.24, 2.45) is 0 Å². The Morgan fingerprint density at radius 1 is 1.45 bits per heavy atom. The molecule has 0 aromatic carbocycles. The van der Waals surface area contributed by atoms with Gasteiger partial charge in [-0.25, -0.2) is 8.78 Å². The van der Waals surface area contributed by atoms with E-state index < -0.39 is 41.8 Å². The van der Waals surface area contributed by atoms with Crippen molar-refractivity contribution in [1.29, 1.82) is 0 Å². The standard InChI is InChI=1S/C11H9F5INO2/c1-2-20-7(19)3-5-8(17)6(10(12)13)4-18-9(5)11(14,15)16/h4,10H,2-3H2,1H3. The summed E-state index contributed by atoms with van der Waals surface area (Å²) in [5.74, 6) is -0.927. The normalized spacial score (nSPS) is 11.8. The molecule has 0 fully saturated rings. The molecule has 0 radical (unpaired) electrons. The average Bonchev–Trinajstić information content (AvgIpc) is 2.29. The highest BCUT2D eigenvalue weighted by atomic mass is 127. The van der Waals surface area contributed by atoms with Crippen LogP contribution in [0, 0.1) is 3.57 Å². The molecule has 0 unspecified atom stereocenters. The van der Waals surface area contributed by atoms with Crippen molar-refractivity contribution in [3.63, 3.8) is 0 Å². The minimum absolute atomic E-state index is 0.0151. The highest BCUT2D eigenvalue weighted by molar-refractivity contribution is 14.1. The van der Waals surface area contributed by atoms with E-state index >= 15 is 0 Å². The fourth-order valence-electron chi connectivity index (χ4n) is 1.46. The van der Waals surface area contributed by atoms with E-state index in [4.69, 9.17) is 0 Å². The first-order valence-electron chi connectivity index (χ1n) is 5.36. The maximum atomic E-state index is 12.8. The zero-order valence-electron chi connectivity index (χ0n) is 10.1. The van der Waals surface area contributed by atoms with Gasteiger partial charge in [-0.05, 0) is 29.5 Å². The summed E-state index contributed by atoms with van der Waals surface area (Å²) in [6.07, 6.45) is -8.08. The van der Waals surface area contributed by atoms with Crippen LogP contribution in [0.3, 0.4) is 0 Å². The number of hydrogen-bond donors (Lipinski definition) is 0. The molecule has 0 aliphatic carbocycles. The number of ether oxygens (including phenoxy) is 1. The minimum Gasteiger partial charge on any atom is -0.466 e. The number of halogens is 6. The lowest BCUT2D eigenvalue weighted by molar-refractivity contribution is -0.144. The van der Waals surface area contributed by atoms with Gasteiger partial charge >= 0.3 is 12.1 Å². The predicted octanol–water partition coefficient (Wildman–Crippen LogP) is 3.75. The van der Waals surface area contributed by atoms with Gasteiger partial charge in [0, 0.05) is 20.9 Å². The Morgan fingerprint density at radius 2 is 2.05 bits per heavy atom. The summed E-state index contributed by atoms with van der Waals surface area (Å²) < 4.78 is 68.0. The second-order valence-corrected chi connectivity index (χ2v) is 4.71. The molecule has 3 nitrogen and oxygen atoms in total. The Kier molecular flexibility index (Phi) is 5.66. The third kappa shape index (κ3) is 4.00. The zero-order chi connectivity index (χ0) is 15.5. The molecule has 0 aliphatic rings. The monoisotopic (exact) mass is 409 g/mol. The molecule has 0 amide bonds. The zero-order valence-corrected chi connectivity index (χ0v) is 12.3. The van der Waals surface area contributed by atoms with Crippen LogP contribution >= 0.6 is 22.6 Å². The number of aromatic nitrogens is 1. The molecule has 1 heterocycles. The van der Waals surface area contributed by atoms with Crippen LogP contribution in [0.1, 0.15) is 30.2 Å². The van der Waals surface area contributed by atoms with E-state index in [0.29, 0.717) is 6.20 Å². The van der Waals surface area contributed by atoms with Crippen molar-refractivity contribution in [3.05, 3.63) is 26.6 Å². The number of alkyl halides is 5. The molecule has 112 valence electrons. The summed E-state index contributed by atoms with van der Waals surface area (Å²) in [6.45, 7) is 1.47. The van der Waals surface area contributed by atoms with Crippen LogP contribution in [-0.2, 0) is 22.1 Å². The number of pyridine rings is 1. The lowest BCUT2D eigenvalue weighted by atomic mass is 10.1. The lowest BCUT2D eigenvalue weighted by Crippen LogP contribution is -2.18. The number of hydrogen-bond acceptors (Lipinski definition) is 3. The SMILES string of the molecule is CCOC(=O)Cc1c(C(F)(F)F)ncc(C(F)F)c1I. The third-order valence-corrected chi connectivity index (χ3v) is 3.54. The van der Waals surface area contributed by atoms with Crippen molar-refractivity contribution >= 4 is 28.6 Å². The van der Waals surface area contributed by atoms with E-state index in [0.717, 1.165) is 0 Å². The van der Waals surface area contributed by atoms with Crippen LogP contribution in [0.2, 0.25) is 0 Å². The van der Waals surface area contributed by atoms with E-state index in [-0.39, 0.29) is 10.2 Å². The van der Waals surface area contributed by atoms with Crippen molar-refractivity contribution in [1.82, 2.24) is 4.98 Å². The Balaban J connectivity index is 3.34. The molecule has 0 aliphatic heterocycles. The molecule has 9 heteroatoms. The van der Waals surface area contributed by atoms with Crippen molar-refractivity contribution < 1.29 is 31.5 Å². The third-order valence-electron chi connectivity index (χ3n) is 2.27. The molecule has 0 N–H and O–H groups in total. The van der Waals surface area contributed by atoms with E-state index in [2.05, 4.69) is 9.72 Å². The van der Waals surface area contributed by atoms with Crippen LogP contribution in [0.4, 0.5) is 22.0 Å². The first kappa shape index (κ1) is 17.1. The molecule has 1 aromatic rings. The summed E-state index contributed by atoms with van der Waals surface area (Å²) in [5.41, 5.74) is -2.58. The molecular weight excluding hydrogens is 400 g/mol. The van der Waals surface area contributed by atoms with Gasteiger partial charge in [-0.15, -0.1) is 0 Å². The van der Waals surface area contributed by atoms with E-state index in [1.54, 1.807) is 0 Å². The number of carbonyl (C=O) groups excluding carboxylic acids is 1. The van der Waals surface area contributed by atoms with Crippen molar-refractivity contribution in [2.75, 3.05) is 6.61 Å². The molecule has 0 spiro atoms. The molecule has 0 saturated heterocycles. The summed E-state index contributed by atoms with van der Waals surface area (Å²) in [6, 6.07) is 0. The molecule has 0 saturated carbocycles. The average molecular weight is 409 g/mol. The molecular formula is C11H9F5INO2. The van der Waals surface area contributed by atoms with Gasteiger partial charge < -0.3 is 4.74 Å². The number of carbonyl (C=O) groups is 1. The summed E-state index contributed by atoms with van der Waals surface area (Å²) in [5, 5.41) is 0. The smallest absolute Gasteiger partial charge is 0.433 e. The Hall–Kier alpha value is -1.00. The Labute approximate surface area is 124 Å². The van der Waals surface area contributed by atoms with Crippen LogP contribution < -0.4 is 0 Å². The predicted molar refractivity (Wildman–Crippen MR) is 67.3 cm³/mol. The fourth-order valence-corrected chi connectivity index (χ4v) is 2.28. The van der Waals surface area contributed by atoms with Crippen LogP contribution in [0.25, 0.3) is 0 Å². The van der Waals surface area contributed by atoms with Crippen LogP contribution in [-0.4, -0.2) is 17.6 Å². The quantitative estimate of drug-likeness (QED) is 0.432. The molecule has 20 heavy (non-hydrogen) atoms. The molecule has 1 rings (SSSR count). The van der Waals surface area contributed by atoms with E-state index in [9.17, 15) is 26.7 Å². The number of rotatable bonds is 4. The fraction of sp³-hybridized carbons (Fsp3) is 0.455. The van der Waals surface area contributed by atoms with Crippen LogP contribution in [0.15, 0.2) is 6.20 Å². The molecule has 0 atom stereocenters. The van der Waals surface area contributed by atoms with Gasteiger partial charge in [0.2, 0.25) is 0 Å². The topological polar surface area (TPSA) is 39.2 Å². The minimum atomic E-state index is -4.83. The van der Waals surface area contributed by atoms with Gasteiger partial charge in [0.15, 0.2) is 0 Å². The van der Waals surface area contributed by atoms with Gasteiger partial charge in [0.25, 0.3) is 6.43 Å². The molecule has 0 bridgehead atoms. The van der Waals surface area contributed by atoms with E-state index in [1.165, 1.54) is 29.5 Å². The second kappa shape index (κ2) is 6.64. The molecule has 1 aromatic heterocycles. The lowest BCUT2D eigenvalue weighted by Gasteiger charge is -2.15. The number of esters is 1. The second-order valence-electron chi connectivity index (χ2n) is 3.63.